The van der Waals surface area contributed by atoms with E-state index >= 15 is 0 Å². The van der Waals surface area contributed by atoms with Gasteiger partial charge in [0.2, 0.25) is 0 Å². The standard InChI is InChI=1S/C2H7NO.2H3O4P/c3-1-2-4;2*1-5(2,3)4/h4H,1-3H2;2*(H3,1,2,3,4). The molecule has 0 fully saturated rings. The van der Waals surface area contributed by atoms with Gasteiger partial charge in [-0.25, -0.2) is 9.13 Å². The van der Waals surface area contributed by atoms with Crippen molar-refractivity contribution in [2.75, 3.05) is 13.2 Å². The highest BCUT2D eigenvalue weighted by Gasteiger charge is 2.00. The van der Waals surface area contributed by atoms with Crippen LogP contribution in [-0.4, -0.2) is 47.6 Å². The number of phosphoric acid groups is 2. The molecule has 0 aliphatic heterocycles. The first kappa shape index (κ1) is 19.7. The van der Waals surface area contributed by atoms with E-state index in [2.05, 4.69) is 0 Å². The third kappa shape index (κ3) is 1160. The predicted octanol–water partition coefficient (Wildman–Crippen LogP) is -2.92. The lowest BCUT2D eigenvalue weighted by molar-refractivity contribution is 0.272. The van der Waals surface area contributed by atoms with Gasteiger partial charge in [-0.1, -0.05) is 0 Å². The molecule has 12 heteroatoms. The molecule has 0 radical (unpaired) electrons. The van der Waals surface area contributed by atoms with Gasteiger partial charge in [-0.2, -0.15) is 0 Å². The minimum absolute atomic E-state index is 0.0972. The van der Waals surface area contributed by atoms with Crippen LogP contribution in [0.3, 0.4) is 0 Å². The number of rotatable bonds is 1. The van der Waals surface area contributed by atoms with Gasteiger partial charge >= 0.3 is 15.6 Å². The summed E-state index contributed by atoms with van der Waals surface area (Å²) in [6, 6.07) is 0. The van der Waals surface area contributed by atoms with Crippen LogP contribution in [-0.2, 0) is 9.13 Å². The molecule has 0 unspecified atom stereocenters. The zero-order valence-corrected chi connectivity index (χ0v) is 8.62. The molecule has 0 aromatic heterocycles. The van der Waals surface area contributed by atoms with E-state index in [-0.39, 0.29) is 6.61 Å². The summed E-state index contributed by atoms with van der Waals surface area (Å²) in [5, 5.41) is 7.75. The maximum absolute atomic E-state index is 8.88. The molecule has 0 aromatic rings. The van der Waals surface area contributed by atoms with Gasteiger partial charge in [0.05, 0.1) is 6.61 Å². The fraction of sp³-hybridized carbons (Fsp3) is 1.00. The van der Waals surface area contributed by atoms with E-state index in [4.69, 9.17) is 49.3 Å². The molecule has 0 rings (SSSR count). The van der Waals surface area contributed by atoms with Crippen molar-refractivity contribution < 1.29 is 43.6 Å². The van der Waals surface area contributed by atoms with Crippen LogP contribution in [0.5, 0.6) is 0 Å². The van der Waals surface area contributed by atoms with Crippen molar-refractivity contribution >= 4 is 15.6 Å². The fourth-order valence-electron chi connectivity index (χ4n) is 0. The average molecular weight is 257 g/mol. The fourth-order valence-corrected chi connectivity index (χ4v) is 0. The lowest BCUT2D eigenvalue weighted by Crippen LogP contribution is -2.02. The van der Waals surface area contributed by atoms with Crippen molar-refractivity contribution in [2.45, 2.75) is 0 Å². The smallest absolute Gasteiger partial charge is 0.395 e. The maximum Gasteiger partial charge on any atom is 0.466 e. The Labute approximate surface area is 79.1 Å². The summed E-state index contributed by atoms with van der Waals surface area (Å²) in [4.78, 5) is 43.1. The largest absolute Gasteiger partial charge is 0.466 e. The summed E-state index contributed by atoms with van der Waals surface area (Å²) in [5.74, 6) is 0. The van der Waals surface area contributed by atoms with E-state index in [1.165, 1.54) is 0 Å². The van der Waals surface area contributed by atoms with Crippen LogP contribution in [0.1, 0.15) is 0 Å². The van der Waals surface area contributed by atoms with Crippen molar-refractivity contribution in [3.63, 3.8) is 0 Å². The minimum Gasteiger partial charge on any atom is -0.395 e. The first-order chi connectivity index (χ1) is 5.91. The molecule has 0 atom stereocenters. The molecule has 0 spiro atoms. The molecule has 0 saturated carbocycles. The normalized spacial score (nSPS) is 10.6. The van der Waals surface area contributed by atoms with Crippen LogP contribution in [0, 0.1) is 0 Å². The SMILES string of the molecule is NCCO.O=P(O)(O)O.O=P(O)(O)O. The van der Waals surface area contributed by atoms with Gasteiger partial charge in [-0.3, -0.25) is 0 Å². The molecule has 0 aromatic carbocycles. The summed E-state index contributed by atoms with van der Waals surface area (Å²) in [5.41, 5.74) is 4.78. The van der Waals surface area contributed by atoms with Gasteiger partial charge < -0.3 is 40.2 Å². The van der Waals surface area contributed by atoms with Crippen molar-refractivity contribution in [1.82, 2.24) is 0 Å². The third-order valence-corrected chi connectivity index (χ3v) is 0.129. The Kier molecular flexibility index (Phi) is 13.6. The highest BCUT2D eigenvalue weighted by atomic mass is 31.2. The lowest BCUT2D eigenvalue weighted by atomic mass is 10.8. The van der Waals surface area contributed by atoms with Crippen LogP contribution in [0.15, 0.2) is 0 Å². The Balaban J connectivity index is -0.000000131. The zero-order valence-electron chi connectivity index (χ0n) is 6.83. The molecule has 0 amide bonds. The number of aliphatic hydroxyl groups excluding tert-OH is 1. The number of aliphatic hydroxyl groups is 1. The van der Waals surface area contributed by atoms with E-state index in [1.807, 2.05) is 0 Å². The van der Waals surface area contributed by atoms with Gasteiger partial charge in [0, 0.05) is 6.54 Å². The minimum atomic E-state index is -4.64. The number of hydrogen-bond acceptors (Lipinski definition) is 4. The predicted molar refractivity (Wildman–Crippen MR) is 44.7 cm³/mol. The van der Waals surface area contributed by atoms with Crippen LogP contribution in [0.2, 0.25) is 0 Å². The molecule has 9 N–H and O–H groups in total. The van der Waals surface area contributed by atoms with Crippen molar-refractivity contribution in [2.24, 2.45) is 5.73 Å². The van der Waals surface area contributed by atoms with Crippen LogP contribution in [0.25, 0.3) is 0 Å². The van der Waals surface area contributed by atoms with Gasteiger partial charge in [0.1, 0.15) is 0 Å². The first-order valence-corrected chi connectivity index (χ1v) is 5.92. The Morgan fingerprint density at radius 2 is 0.929 bits per heavy atom. The van der Waals surface area contributed by atoms with E-state index in [9.17, 15) is 0 Å². The van der Waals surface area contributed by atoms with Crippen LogP contribution in [0.4, 0.5) is 0 Å². The summed E-state index contributed by atoms with van der Waals surface area (Å²) in [6.45, 7) is 0.472. The van der Waals surface area contributed by atoms with Crippen LogP contribution < -0.4 is 5.73 Å². The lowest BCUT2D eigenvalue weighted by Gasteiger charge is -1.82. The molecule has 0 aliphatic rings. The monoisotopic (exact) mass is 257 g/mol. The van der Waals surface area contributed by atoms with E-state index < -0.39 is 15.6 Å². The Hall–Kier alpha value is 0.140. The van der Waals surface area contributed by atoms with Crippen LogP contribution >= 0.6 is 15.6 Å². The third-order valence-electron chi connectivity index (χ3n) is 0.129. The Bertz CT molecular complexity index is 154. The van der Waals surface area contributed by atoms with Gasteiger partial charge in [0.25, 0.3) is 0 Å². The topological polar surface area (TPSA) is 202 Å². The second-order valence-corrected chi connectivity index (χ2v) is 3.59. The number of nitrogens with two attached hydrogens (primary N) is 1. The molecular formula is C2H13NO9P2. The highest BCUT2D eigenvalue weighted by molar-refractivity contribution is 7.45. The molecule has 0 saturated heterocycles. The quantitative estimate of drug-likeness (QED) is 0.225. The van der Waals surface area contributed by atoms with Crippen molar-refractivity contribution in [3.8, 4) is 0 Å². The average Bonchev–Trinajstić information content (AvgIpc) is 1.79. The zero-order chi connectivity index (χ0) is 12.4. The highest BCUT2D eigenvalue weighted by Crippen LogP contribution is 2.26. The second kappa shape index (κ2) is 9.69. The van der Waals surface area contributed by atoms with Crippen molar-refractivity contribution in [3.05, 3.63) is 0 Å². The molecule has 0 bridgehead atoms. The Morgan fingerprint density at radius 3 is 0.929 bits per heavy atom. The van der Waals surface area contributed by atoms with E-state index in [0.29, 0.717) is 6.54 Å². The molecule has 90 valence electrons. The summed E-state index contributed by atoms with van der Waals surface area (Å²) >= 11 is 0. The Morgan fingerprint density at radius 1 is 0.857 bits per heavy atom. The molecular weight excluding hydrogens is 244 g/mol. The van der Waals surface area contributed by atoms with Gasteiger partial charge in [-0.15, -0.1) is 0 Å². The number of hydrogen-bond donors (Lipinski definition) is 8. The van der Waals surface area contributed by atoms with Gasteiger partial charge in [-0.05, 0) is 0 Å². The van der Waals surface area contributed by atoms with E-state index in [1.54, 1.807) is 0 Å². The van der Waals surface area contributed by atoms with E-state index in [0.717, 1.165) is 0 Å². The molecule has 14 heavy (non-hydrogen) atoms. The second-order valence-electron chi connectivity index (χ2n) is 1.54. The first-order valence-electron chi connectivity index (χ1n) is 2.79. The summed E-state index contributed by atoms with van der Waals surface area (Å²) in [7, 11) is -9.28. The molecule has 10 nitrogen and oxygen atoms in total. The summed E-state index contributed by atoms with van der Waals surface area (Å²) in [6.07, 6.45) is 0. The molecule has 0 aliphatic carbocycles. The summed E-state index contributed by atoms with van der Waals surface area (Å²) < 4.78 is 17.8. The van der Waals surface area contributed by atoms with Crippen molar-refractivity contribution in [1.29, 1.82) is 0 Å². The maximum atomic E-state index is 8.88. The van der Waals surface area contributed by atoms with Gasteiger partial charge in [0.15, 0.2) is 0 Å². The molecule has 0 heterocycles.